The summed E-state index contributed by atoms with van der Waals surface area (Å²) in [4.78, 5) is 12.0. The number of halogens is 2. The summed E-state index contributed by atoms with van der Waals surface area (Å²) in [5.74, 6) is -0.0623. The lowest BCUT2D eigenvalue weighted by atomic mass is 10.2. The Labute approximate surface area is 128 Å². The third kappa shape index (κ3) is 3.91. The molecule has 1 heterocycles. The molecule has 1 aromatic rings. The first-order valence-corrected chi connectivity index (χ1v) is 7.58. The molecule has 6 heteroatoms. The molecule has 0 bridgehead atoms. The van der Waals surface area contributed by atoms with Gasteiger partial charge >= 0.3 is 0 Å². The first-order valence-electron chi connectivity index (χ1n) is 5.71. The molecule has 0 spiro atoms. The molecule has 1 aliphatic rings. The Kier molecular flexibility index (Phi) is 5.40. The van der Waals surface area contributed by atoms with Gasteiger partial charge in [0.05, 0.1) is 18.8 Å². The first kappa shape index (κ1) is 14.2. The van der Waals surface area contributed by atoms with E-state index in [1.54, 1.807) is 0 Å². The van der Waals surface area contributed by atoms with Crippen molar-refractivity contribution in [3.63, 3.8) is 0 Å². The molecule has 2 N–H and O–H groups in total. The van der Waals surface area contributed by atoms with Crippen LogP contribution in [0.4, 0.5) is 0 Å². The number of carbonyl (C=O) groups is 1. The molecule has 0 radical (unpaired) electrons. The van der Waals surface area contributed by atoms with E-state index in [2.05, 4.69) is 49.2 Å². The molecule has 1 aromatic carbocycles. The van der Waals surface area contributed by atoms with Gasteiger partial charge in [-0.05, 0) is 56.7 Å². The lowest BCUT2D eigenvalue weighted by Gasteiger charge is -2.24. The molecule has 4 nitrogen and oxygen atoms in total. The van der Waals surface area contributed by atoms with Crippen molar-refractivity contribution in [3.05, 3.63) is 31.8 Å². The highest BCUT2D eigenvalue weighted by molar-refractivity contribution is 14.1. The lowest BCUT2D eigenvalue weighted by Crippen LogP contribution is -2.48. The molecule has 18 heavy (non-hydrogen) atoms. The molecule has 0 aliphatic carbocycles. The van der Waals surface area contributed by atoms with Crippen molar-refractivity contribution in [2.24, 2.45) is 0 Å². The second-order valence-corrected chi connectivity index (χ2v) is 6.16. The number of rotatable bonds is 3. The third-order valence-electron chi connectivity index (χ3n) is 2.68. The Bertz CT molecular complexity index is 436. The summed E-state index contributed by atoms with van der Waals surface area (Å²) >= 11 is 5.59. The van der Waals surface area contributed by atoms with Gasteiger partial charge < -0.3 is 15.4 Å². The normalized spacial score (nSPS) is 19.6. The molecule has 98 valence electrons. The van der Waals surface area contributed by atoms with Crippen molar-refractivity contribution < 1.29 is 9.53 Å². The minimum absolute atomic E-state index is 0.0623. The zero-order valence-electron chi connectivity index (χ0n) is 9.71. The fourth-order valence-corrected chi connectivity index (χ4v) is 2.65. The topological polar surface area (TPSA) is 50.4 Å². The van der Waals surface area contributed by atoms with Crippen LogP contribution in [0.25, 0.3) is 0 Å². The quantitative estimate of drug-likeness (QED) is 0.727. The molecular formula is C12H14BrIN2O2. The molecule has 0 aromatic heterocycles. The van der Waals surface area contributed by atoms with Crippen molar-refractivity contribution >= 4 is 44.4 Å². The Morgan fingerprint density at radius 2 is 2.44 bits per heavy atom. The molecule has 2 rings (SSSR count). The van der Waals surface area contributed by atoms with Crippen molar-refractivity contribution in [1.82, 2.24) is 10.6 Å². The van der Waals surface area contributed by atoms with Crippen LogP contribution in [0.1, 0.15) is 10.4 Å². The van der Waals surface area contributed by atoms with Gasteiger partial charge in [0.25, 0.3) is 5.91 Å². The molecule has 1 amide bonds. The van der Waals surface area contributed by atoms with Gasteiger partial charge in [0.1, 0.15) is 0 Å². The van der Waals surface area contributed by atoms with Gasteiger partial charge in [-0.25, -0.2) is 0 Å². The summed E-state index contributed by atoms with van der Waals surface area (Å²) in [5, 5.41) is 6.22. The smallest absolute Gasteiger partial charge is 0.252 e. The summed E-state index contributed by atoms with van der Waals surface area (Å²) in [7, 11) is 0. The van der Waals surface area contributed by atoms with Crippen molar-refractivity contribution in [2.45, 2.75) is 6.04 Å². The van der Waals surface area contributed by atoms with E-state index in [9.17, 15) is 4.79 Å². The third-order valence-corrected chi connectivity index (χ3v) is 4.04. The van der Waals surface area contributed by atoms with Crippen molar-refractivity contribution in [1.29, 1.82) is 0 Å². The predicted molar refractivity (Wildman–Crippen MR) is 81.8 cm³/mol. The highest BCUT2D eigenvalue weighted by Crippen LogP contribution is 2.19. The number of morpholine rings is 1. The second-order valence-electron chi connectivity index (χ2n) is 4.06. The molecule has 1 atom stereocenters. The maximum atomic E-state index is 12.0. The van der Waals surface area contributed by atoms with E-state index in [0.29, 0.717) is 18.7 Å². The number of amides is 1. The van der Waals surface area contributed by atoms with Crippen LogP contribution in [-0.4, -0.2) is 38.3 Å². The van der Waals surface area contributed by atoms with Gasteiger partial charge in [0, 0.05) is 27.2 Å². The van der Waals surface area contributed by atoms with Gasteiger partial charge in [-0.15, -0.1) is 0 Å². The molecule has 1 fully saturated rings. The number of nitrogens with one attached hydrogen (secondary N) is 2. The van der Waals surface area contributed by atoms with Crippen LogP contribution in [0.3, 0.4) is 0 Å². The summed E-state index contributed by atoms with van der Waals surface area (Å²) in [6.07, 6.45) is 0. The van der Waals surface area contributed by atoms with Gasteiger partial charge in [0.15, 0.2) is 0 Å². The van der Waals surface area contributed by atoms with Crippen LogP contribution in [-0.2, 0) is 4.74 Å². The van der Waals surface area contributed by atoms with E-state index in [4.69, 9.17) is 4.74 Å². The van der Waals surface area contributed by atoms with E-state index in [1.165, 1.54) is 0 Å². The molecule has 1 unspecified atom stereocenters. The summed E-state index contributed by atoms with van der Waals surface area (Å²) in [6, 6.07) is 5.91. The zero-order valence-corrected chi connectivity index (χ0v) is 13.5. The summed E-state index contributed by atoms with van der Waals surface area (Å²) in [5.41, 5.74) is 0.665. The zero-order chi connectivity index (χ0) is 13.0. The minimum atomic E-state index is -0.0623. The maximum absolute atomic E-state index is 12.0. The van der Waals surface area contributed by atoms with Crippen LogP contribution < -0.4 is 10.6 Å². The molecule has 1 aliphatic heterocycles. The van der Waals surface area contributed by atoms with Gasteiger partial charge in [-0.1, -0.05) is 0 Å². The fourth-order valence-electron chi connectivity index (χ4n) is 1.73. The Morgan fingerprint density at radius 3 is 3.17 bits per heavy atom. The average molecular weight is 425 g/mol. The van der Waals surface area contributed by atoms with Crippen LogP contribution in [0, 0.1) is 3.57 Å². The lowest BCUT2D eigenvalue weighted by molar-refractivity contribution is 0.0734. The van der Waals surface area contributed by atoms with Gasteiger partial charge in [-0.3, -0.25) is 4.79 Å². The van der Waals surface area contributed by atoms with E-state index in [-0.39, 0.29) is 11.9 Å². The monoisotopic (exact) mass is 424 g/mol. The maximum Gasteiger partial charge on any atom is 0.252 e. The highest BCUT2D eigenvalue weighted by Gasteiger charge is 2.15. The molecule has 0 saturated carbocycles. The largest absolute Gasteiger partial charge is 0.378 e. The van der Waals surface area contributed by atoms with Crippen LogP contribution >= 0.6 is 38.5 Å². The van der Waals surface area contributed by atoms with Crippen LogP contribution in [0.2, 0.25) is 0 Å². The Balaban J connectivity index is 1.92. The van der Waals surface area contributed by atoms with Crippen molar-refractivity contribution in [3.8, 4) is 0 Å². The average Bonchev–Trinajstić information content (AvgIpc) is 2.40. The number of ether oxygens (including phenoxy) is 1. The van der Waals surface area contributed by atoms with E-state index < -0.39 is 0 Å². The van der Waals surface area contributed by atoms with E-state index >= 15 is 0 Å². The minimum Gasteiger partial charge on any atom is -0.378 e. The van der Waals surface area contributed by atoms with Gasteiger partial charge in [0.2, 0.25) is 0 Å². The van der Waals surface area contributed by atoms with Crippen molar-refractivity contribution in [2.75, 3.05) is 26.3 Å². The number of carbonyl (C=O) groups excluding carboxylic acids is 1. The number of hydrogen-bond acceptors (Lipinski definition) is 3. The molecule has 1 saturated heterocycles. The highest BCUT2D eigenvalue weighted by atomic mass is 127. The fraction of sp³-hybridized carbons (Fsp3) is 0.417. The second kappa shape index (κ2) is 6.83. The first-order chi connectivity index (χ1) is 8.66. The van der Waals surface area contributed by atoms with Crippen LogP contribution in [0.15, 0.2) is 22.7 Å². The standard InChI is InChI=1S/C12H14BrIN2O2/c13-11-2-1-8(14)5-10(11)12(17)16-6-9-7-18-4-3-15-9/h1-2,5,9,15H,3-4,6-7H2,(H,16,17). The van der Waals surface area contributed by atoms with Gasteiger partial charge in [-0.2, -0.15) is 0 Å². The number of hydrogen-bond donors (Lipinski definition) is 2. The van der Waals surface area contributed by atoms with E-state index in [0.717, 1.165) is 21.2 Å². The summed E-state index contributed by atoms with van der Waals surface area (Å²) < 4.78 is 7.19. The predicted octanol–water partition coefficient (Wildman–Crippen LogP) is 1.77. The van der Waals surface area contributed by atoms with E-state index in [1.807, 2.05) is 18.2 Å². The number of benzene rings is 1. The summed E-state index contributed by atoms with van der Waals surface area (Å²) in [6.45, 7) is 2.81. The molecular weight excluding hydrogens is 411 g/mol. The Hall–Kier alpha value is -0.180. The Morgan fingerprint density at radius 1 is 1.61 bits per heavy atom. The SMILES string of the molecule is O=C(NCC1COCCN1)c1cc(I)ccc1Br. The van der Waals surface area contributed by atoms with Crippen LogP contribution in [0.5, 0.6) is 0 Å².